The molecule has 0 aromatic heterocycles. The first-order valence-corrected chi connectivity index (χ1v) is 7.36. The summed E-state index contributed by atoms with van der Waals surface area (Å²) in [5.74, 6) is 1.45. The second kappa shape index (κ2) is 8.93. The van der Waals surface area contributed by atoms with E-state index in [4.69, 9.17) is 0 Å². The normalized spacial score (nSPS) is 14.3. The van der Waals surface area contributed by atoms with E-state index in [1.807, 2.05) is 0 Å². The quantitative estimate of drug-likeness (QED) is 0.667. The molecule has 1 atom stereocenters. The van der Waals surface area contributed by atoms with Crippen LogP contribution in [0.25, 0.3) is 0 Å². The van der Waals surface area contributed by atoms with E-state index in [-0.39, 0.29) is 0 Å². The van der Waals surface area contributed by atoms with Gasteiger partial charge in [-0.3, -0.25) is 4.90 Å². The van der Waals surface area contributed by atoms with E-state index < -0.39 is 0 Å². The van der Waals surface area contributed by atoms with Gasteiger partial charge in [-0.2, -0.15) is 0 Å². The number of hydrogen-bond acceptors (Lipinski definition) is 2. The standard InChI is InChI=1S/C15H34N2/c1-8-14(9-2)17(7)15(13(5)6)11-16-10-12(3)4/h12-16H,8-11H2,1-7H3. The molecule has 0 aliphatic heterocycles. The van der Waals surface area contributed by atoms with Crippen molar-refractivity contribution in [1.82, 2.24) is 10.2 Å². The Bertz CT molecular complexity index is 174. The second-order valence-corrected chi connectivity index (χ2v) is 6.00. The summed E-state index contributed by atoms with van der Waals surface area (Å²) in [4.78, 5) is 2.58. The van der Waals surface area contributed by atoms with Crippen molar-refractivity contribution < 1.29 is 0 Å². The summed E-state index contributed by atoms with van der Waals surface area (Å²) in [5, 5.41) is 3.61. The van der Waals surface area contributed by atoms with Crippen LogP contribution in [-0.2, 0) is 0 Å². The lowest BCUT2D eigenvalue weighted by molar-refractivity contribution is 0.125. The summed E-state index contributed by atoms with van der Waals surface area (Å²) < 4.78 is 0. The molecule has 0 saturated carbocycles. The minimum absolute atomic E-state index is 0.652. The zero-order chi connectivity index (χ0) is 13.4. The third kappa shape index (κ3) is 6.42. The van der Waals surface area contributed by atoms with E-state index in [0.717, 1.165) is 25.0 Å². The Morgan fingerprint density at radius 1 is 0.941 bits per heavy atom. The molecule has 0 rings (SSSR count). The lowest BCUT2D eigenvalue weighted by Crippen LogP contribution is -2.48. The molecule has 0 fully saturated rings. The van der Waals surface area contributed by atoms with Crippen LogP contribution < -0.4 is 5.32 Å². The van der Waals surface area contributed by atoms with Crippen molar-refractivity contribution in [3.05, 3.63) is 0 Å². The minimum atomic E-state index is 0.652. The first-order valence-electron chi connectivity index (χ1n) is 7.36. The zero-order valence-corrected chi connectivity index (χ0v) is 13.1. The van der Waals surface area contributed by atoms with E-state index in [1.54, 1.807) is 0 Å². The molecule has 0 aromatic rings. The minimum Gasteiger partial charge on any atom is -0.315 e. The van der Waals surface area contributed by atoms with E-state index in [0.29, 0.717) is 12.0 Å². The monoisotopic (exact) mass is 242 g/mol. The summed E-state index contributed by atoms with van der Waals surface area (Å²) in [6.07, 6.45) is 2.50. The van der Waals surface area contributed by atoms with Crippen molar-refractivity contribution in [1.29, 1.82) is 0 Å². The van der Waals surface area contributed by atoms with Gasteiger partial charge >= 0.3 is 0 Å². The molecule has 0 aliphatic rings. The highest BCUT2D eigenvalue weighted by atomic mass is 15.2. The van der Waals surface area contributed by atoms with Gasteiger partial charge in [0.2, 0.25) is 0 Å². The highest BCUT2D eigenvalue weighted by Gasteiger charge is 2.22. The number of rotatable bonds is 9. The molecule has 0 aliphatic carbocycles. The molecule has 0 radical (unpaired) electrons. The van der Waals surface area contributed by atoms with Gasteiger partial charge in [0.1, 0.15) is 0 Å². The van der Waals surface area contributed by atoms with Gasteiger partial charge in [-0.1, -0.05) is 41.5 Å². The van der Waals surface area contributed by atoms with E-state index in [9.17, 15) is 0 Å². The van der Waals surface area contributed by atoms with E-state index in [2.05, 4.69) is 58.8 Å². The van der Waals surface area contributed by atoms with Crippen molar-refractivity contribution in [3.63, 3.8) is 0 Å². The summed E-state index contributed by atoms with van der Waals surface area (Å²) in [5.41, 5.74) is 0. The second-order valence-electron chi connectivity index (χ2n) is 6.00. The molecule has 0 aromatic carbocycles. The zero-order valence-electron chi connectivity index (χ0n) is 13.1. The first kappa shape index (κ1) is 16.9. The third-order valence-corrected chi connectivity index (χ3v) is 3.72. The Morgan fingerprint density at radius 2 is 1.47 bits per heavy atom. The Hall–Kier alpha value is -0.0800. The maximum absolute atomic E-state index is 3.61. The van der Waals surface area contributed by atoms with Crippen LogP contribution in [0.3, 0.4) is 0 Å². The average molecular weight is 242 g/mol. The van der Waals surface area contributed by atoms with Gasteiger partial charge in [0.05, 0.1) is 0 Å². The van der Waals surface area contributed by atoms with Crippen molar-refractivity contribution in [2.75, 3.05) is 20.1 Å². The summed E-state index contributed by atoms with van der Waals surface area (Å²) in [6.45, 7) is 16.0. The van der Waals surface area contributed by atoms with Crippen molar-refractivity contribution in [3.8, 4) is 0 Å². The fraction of sp³-hybridized carbons (Fsp3) is 1.00. The first-order chi connectivity index (χ1) is 7.93. The van der Waals surface area contributed by atoms with Crippen molar-refractivity contribution >= 4 is 0 Å². The topological polar surface area (TPSA) is 15.3 Å². The SMILES string of the molecule is CCC(CC)N(C)C(CNCC(C)C)C(C)C. The van der Waals surface area contributed by atoms with Gasteiger partial charge in [-0.25, -0.2) is 0 Å². The van der Waals surface area contributed by atoms with Crippen LogP contribution >= 0.6 is 0 Å². The molecule has 0 spiro atoms. The fourth-order valence-corrected chi connectivity index (χ4v) is 2.51. The highest BCUT2D eigenvalue weighted by Crippen LogP contribution is 2.15. The lowest BCUT2D eigenvalue weighted by atomic mass is 9.99. The van der Waals surface area contributed by atoms with Crippen molar-refractivity contribution in [2.24, 2.45) is 11.8 Å². The molecular formula is C15H34N2. The Balaban J connectivity index is 4.30. The van der Waals surface area contributed by atoms with Gasteiger partial charge in [-0.05, 0) is 38.3 Å². The van der Waals surface area contributed by atoms with Crippen LogP contribution in [-0.4, -0.2) is 37.1 Å². The van der Waals surface area contributed by atoms with E-state index in [1.165, 1.54) is 12.8 Å². The molecule has 2 nitrogen and oxygen atoms in total. The van der Waals surface area contributed by atoms with Crippen LogP contribution in [0.15, 0.2) is 0 Å². The summed E-state index contributed by atoms with van der Waals surface area (Å²) in [6, 6.07) is 1.38. The number of nitrogens with one attached hydrogen (secondary N) is 1. The van der Waals surface area contributed by atoms with Gasteiger partial charge in [-0.15, -0.1) is 0 Å². The number of nitrogens with zero attached hydrogens (tertiary/aromatic N) is 1. The number of hydrogen-bond donors (Lipinski definition) is 1. The molecule has 1 unspecified atom stereocenters. The summed E-state index contributed by atoms with van der Waals surface area (Å²) >= 11 is 0. The molecule has 0 saturated heterocycles. The summed E-state index contributed by atoms with van der Waals surface area (Å²) in [7, 11) is 2.29. The fourth-order valence-electron chi connectivity index (χ4n) is 2.51. The molecule has 0 bridgehead atoms. The molecule has 2 heteroatoms. The van der Waals surface area contributed by atoms with Crippen LogP contribution in [0.4, 0.5) is 0 Å². The molecular weight excluding hydrogens is 208 g/mol. The predicted molar refractivity (Wildman–Crippen MR) is 78.5 cm³/mol. The molecule has 0 heterocycles. The van der Waals surface area contributed by atoms with Gasteiger partial charge in [0.15, 0.2) is 0 Å². The van der Waals surface area contributed by atoms with Gasteiger partial charge in [0.25, 0.3) is 0 Å². The largest absolute Gasteiger partial charge is 0.315 e. The average Bonchev–Trinajstić information content (AvgIpc) is 2.25. The Labute approximate surface area is 109 Å². The molecule has 104 valence electrons. The molecule has 17 heavy (non-hydrogen) atoms. The van der Waals surface area contributed by atoms with E-state index >= 15 is 0 Å². The Kier molecular flexibility index (Phi) is 8.89. The Morgan fingerprint density at radius 3 is 1.82 bits per heavy atom. The van der Waals surface area contributed by atoms with Crippen molar-refractivity contribution in [2.45, 2.75) is 66.5 Å². The smallest absolute Gasteiger partial charge is 0.0243 e. The molecule has 0 amide bonds. The van der Waals surface area contributed by atoms with Gasteiger partial charge < -0.3 is 5.32 Å². The van der Waals surface area contributed by atoms with Crippen LogP contribution in [0, 0.1) is 11.8 Å². The van der Waals surface area contributed by atoms with Crippen LogP contribution in [0.2, 0.25) is 0 Å². The lowest BCUT2D eigenvalue weighted by Gasteiger charge is -2.37. The van der Waals surface area contributed by atoms with Crippen LogP contribution in [0.5, 0.6) is 0 Å². The maximum Gasteiger partial charge on any atom is 0.0243 e. The highest BCUT2D eigenvalue weighted by molar-refractivity contribution is 4.79. The third-order valence-electron chi connectivity index (χ3n) is 3.72. The predicted octanol–water partition coefficient (Wildman–Crippen LogP) is 3.38. The maximum atomic E-state index is 3.61. The molecule has 1 N–H and O–H groups in total. The number of likely N-dealkylation sites (N-methyl/N-ethyl adjacent to an activating group) is 1. The van der Waals surface area contributed by atoms with Gasteiger partial charge in [0, 0.05) is 18.6 Å². The van der Waals surface area contributed by atoms with Crippen LogP contribution in [0.1, 0.15) is 54.4 Å².